The third-order valence-electron chi connectivity index (χ3n) is 3.42. The summed E-state index contributed by atoms with van der Waals surface area (Å²) >= 11 is 1.84. The topological polar surface area (TPSA) is 54.9 Å². The molecule has 0 fully saturated rings. The summed E-state index contributed by atoms with van der Waals surface area (Å²) < 4.78 is 11.0. The van der Waals surface area contributed by atoms with Gasteiger partial charge in [0.15, 0.2) is 5.96 Å². The Morgan fingerprint density at radius 1 is 1.31 bits per heavy atom. The van der Waals surface area contributed by atoms with E-state index in [1.165, 1.54) is 5.56 Å². The molecule has 0 amide bonds. The molecule has 2 N–H and O–H groups in total. The highest BCUT2D eigenvalue weighted by Gasteiger charge is 2.06. The lowest BCUT2D eigenvalue weighted by molar-refractivity contribution is 0.172. The van der Waals surface area contributed by atoms with Crippen LogP contribution in [0.2, 0.25) is 0 Å². The molecular weight excluding hydrogens is 461 g/mol. The van der Waals surface area contributed by atoms with Gasteiger partial charge in [0.25, 0.3) is 0 Å². The van der Waals surface area contributed by atoms with Gasteiger partial charge in [0.05, 0.1) is 6.61 Å². The molecule has 1 aromatic rings. The molecule has 0 bridgehead atoms. The Labute approximate surface area is 179 Å². The number of methoxy groups -OCH3 is 1. The maximum Gasteiger partial charge on any atom is 0.191 e. The number of ether oxygens (including phenoxy) is 2. The number of aliphatic imine (C=N–C) groups is 1. The van der Waals surface area contributed by atoms with Crippen LogP contribution in [0.1, 0.15) is 17.5 Å². The van der Waals surface area contributed by atoms with Gasteiger partial charge < -0.3 is 20.1 Å². The molecule has 0 heterocycles. The number of hydrogen-bond acceptors (Lipinski definition) is 4. The van der Waals surface area contributed by atoms with Gasteiger partial charge in [-0.1, -0.05) is 18.2 Å². The third-order valence-corrected chi connectivity index (χ3v) is 4.38. The first kappa shape index (κ1) is 25.1. The first-order valence-corrected chi connectivity index (χ1v) is 9.71. The second-order valence-electron chi connectivity index (χ2n) is 5.52. The van der Waals surface area contributed by atoms with E-state index in [0.29, 0.717) is 19.8 Å². The highest BCUT2D eigenvalue weighted by Crippen LogP contribution is 2.20. The molecule has 0 saturated carbocycles. The van der Waals surface area contributed by atoms with Gasteiger partial charge in [0.2, 0.25) is 0 Å². The Hall–Kier alpha value is -0.930. The Morgan fingerprint density at radius 3 is 2.81 bits per heavy atom. The van der Waals surface area contributed by atoms with E-state index in [1.807, 2.05) is 17.8 Å². The maximum atomic E-state index is 5.92. The summed E-state index contributed by atoms with van der Waals surface area (Å²) in [5, 5.41) is 6.66. The minimum absolute atomic E-state index is 0. The molecule has 0 aliphatic rings. The van der Waals surface area contributed by atoms with Gasteiger partial charge in [0, 0.05) is 57.3 Å². The van der Waals surface area contributed by atoms with Gasteiger partial charge in [-0.15, -0.1) is 30.6 Å². The summed E-state index contributed by atoms with van der Waals surface area (Å²) in [6.45, 7) is 8.68. The van der Waals surface area contributed by atoms with Crippen LogP contribution in [0.25, 0.3) is 0 Å². The Balaban J connectivity index is 0.00000625. The van der Waals surface area contributed by atoms with Crippen LogP contribution in [-0.4, -0.2) is 51.4 Å². The van der Waals surface area contributed by atoms with Crippen LogP contribution in [0, 0.1) is 6.92 Å². The van der Waals surface area contributed by atoms with E-state index in [9.17, 15) is 0 Å². The maximum absolute atomic E-state index is 5.92. The number of halogens is 1. The zero-order chi connectivity index (χ0) is 18.3. The van der Waals surface area contributed by atoms with E-state index < -0.39 is 0 Å². The van der Waals surface area contributed by atoms with Crippen LogP contribution >= 0.6 is 35.7 Å². The molecule has 0 saturated heterocycles. The van der Waals surface area contributed by atoms with Crippen molar-refractivity contribution in [3.63, 3.8) is 0 Å². The lowest BCUT2D eigenvalue weighted by Crippen LogP contribution is -2.38. The Bertz CT molecular complexity index is 542. The molecule has 0 aliphatic heterocycles. The quantitative estimate of drug-likeness (QED) is 0.153. The smallest absolute Gasteiger partial charge is 0.191 e. The number of rotatable bonds is 12. The normalized spacial score (nSPS) is 10.8. The minimum Gasteiger partial charge on any atom is -0.493 e. The van der Waals surface area contributed by atoms with Crippen molar-refractivity contribution in [2.45, 2.75) is 19.9 Å². The van der Waals surface area contributed by atoms with Crippen molar-refractivity contribution in [2.75, 3.05) is 45.4 Å². The van der Waals surface area contributed by atoms with Gasteiger partial charge in [-0.25, -0.2) is 0 Å². The summed E-state index contributed by atoms with van der Waals surface area (Å²) in [6, 6.07) is 6.27. The second-order valence-corrected chi connectivity index (χ2v) is 6.67. The van der Waals surface area contributed by atoms with Crippen molar-refractivity contribution >= 4 is 41.7 Å². The number of benzene rings is 1. The molecule has 0 radical (unpaired) electrons. The Morgan fingerprint density at radius 2 is 2.12 bits per heavy atom. The molecule has 0 spiro atoms. The molecule has 148 valence electrons. The van der Waals surface area contributed by atoms with Crippen molar-refractivity contribution in [2.24, 2.45) is 4.99 Å². The van der Waals surface area contributed by atoms with Gasteiger partial charge in [-0.2, -0.15) is 11.8 Å². The highest BCUT2D eigenvalue weighted by molar-refractivity contribution is 14.0. The summed E-state index contributed by atoms with van der Waals surface area (Å²) in [4.78, 5) is 4.26. The first-order chi connectivity index (χ1) is 12.2. The number of thioether (sulfide) groups is 1. The van der Waals surface area contributed by atoms with Crippen LogP contribution in [-0.2, 0) is 11.3 Å². The zero-order valence-corrected chi connectivity index (χ0v) is 19.2. The van der Waals surface area contributed by atoms with E-state index in [-0.39, 0.29) is 24.0 Å². The molecule has 7 heteroatoms. The fourth-order valence-electron chi connectivity index (χ4n) is 2.14. The molecule has 26 heavy (non-hydrogen) atoms. The molecule has 1 aromatic carbocycles. The first-order valence-electron chi connectivity index (χ1n) is 8.55. The number of guanidine groups is 1. The highest BCUT2D eigenvalue weighted by atomic mass is 127. The molecule has 5 nitrogen and oxygen atoms in total. The molecule has 0 aliphatic carbocycles. The molecule has 0 unspecified atom stereocenters. The van der Waals surface area contributed by atoms with E-state index in [2.05, 4.69) is 47.3 Å². The van der Waals surface area contributed by atoms with Gasteiger partial charge in [-0.05, 0) is 18.6 Å². The number of nitrogens with zero attached hydrogens (tertiary/aromatic N) is 1. The molecule has 1 rings (SSSR count). The molecular formula is C19H32IN3O2S. The largest absolute Gasteiger partial charge is 0.493 e. The lowest BCUT2D eigenvalue weighted by Gasteiger charge is -2.15. The molecule has 0 aromatic heterocycles. The second kappa shape index (κ2) is 16.3. The van der Waals surface area contributed by atoms with Gasteiger partial charge >= 0.3 is 0 Å². The number of aryl methyl sites for hydroxylation is 1. The summed E-state index contributed by atoms with van der Waals surface area (Å²) in [6.07, 6.45) is 2.80. The monoisotopic (exact) mass is 493 g/mol. The third kappa shape index (κ3) is 10.9. The van der Waals surface area contributed by atoms with Crippen molar-refractivity contribution in [3.8, 4) is 5.75 Å². The molecule has 0 atom stereocenters. The summed E-state index contributed by atoms with van der Waals surface area (Å²) in [7, 11) is 3.49. The Kier molecular flexibility index (Phi) is 15.7. The average molecular weight is 493 g/mol. The van der Waals surface area contributed by atoms with E-state index in [4.69, 9.17) is 9.47 Å². The standard InChI is InChI=1S/C19H31N3O2S.HI/c1-5-12-25-13-9-21-19(20-3)22-15-17-8-7-16(2)14-18(17)24-11-6-10-23-4;/h5,7-8,14H,1,6,9-13,15H2,2-4H3,(H2,20,21,22);1H. The predicted octanol–water partition coefficient (Wildman–Crippen LogP) is 3.61. The summed E-state index contributed by atoms with van der Waals surface area (Å²) in [5.41, 5.74) is 2.30. The van der Waals surface area contributed by atoms with E-state index in [0.717, 1.165) is 41.7 Å². The van der Waals surface area contributed by atoms with Crippen molar-refractivity contribution in [1.29, 1.82) is 0 Å². The van der Waals surface area contributed by atoms with Crippen LogP contribution in [0.4, 0.5) is 0 Å². The minimum atomic E-state index is 0. The van der Waals surface area contributed by atoms with Crippen LogP contribution < -0.4 is 15.4 Å². The van der Waals surface area contributed by atoms with E-state index >= 15 is 0 Å². The predicted molar refractivity (Wildman–Crippen MR) is 124 cm³/mol. The van der Waals surface area contributed by atoms with E-state index in [1.54, 1.807) is 14.2 Å². The van der Waals surface area contributed by atoms with Gasteiger partial charge in [0.1, 0.15) is 5.75 Å². The van der Waals surface area contributed by atoms with Crippen LogP contribution in [0.3, 0.4) is 0 Å². The zero-order valence-electron chi connectivity index (χ0n) is 16.0. The van der Waals surface area contributed by atoms with Crippen molar-refractivity contribution in [1.82, 2.24) is 10.6 Å². The van der Waals surface area contributed by atoms with Crippen LogP contribution in [0.5, 0.6) is 5.75 Å². The van der Waals surface area contributed by atoms with Crippen molar-refractivity contribution in [3.05, 3.63) is 42.0 Å². The summed E-state index contributed by atoms with van der Waals surface area (Å²) in [5.74, 6) is 3.71. The fraction of sp³-hybridized carbons (Fsp3) is 0.526. The van der Waals surface area contributed by atoms with Gasteiger partial charge in [-0.3, -0.25) is 4.99 Å². The van der Waals surface area contributed by atoms with Crippen molar-refractivity contribution < 1.29 is 9.47 Å². The SMILES string of the molecule is C=CCSCCNC(=NC)NCc1ccc(C)cc1OCCCOC.I. The average Bonchev–Trinajstić information content (AvgIpc) is 2.62. The number of hydrogen-bond donors (Lipinski definition) is 2. The lowest BCUT2D eigenvalue weighted by atomic mass is 10.1. The number of nitrogens with one attached hydrogen (secondary N) is 2. The fourth-order valence-corrected chi connectivity index (χ4v) is 2.72. The van der Waals surface area contributed by atoms with Crippen LogP contribution in [0.15, 0.2) is 35.8 Å².